The highest BCUT2D eigenvalue weighted by Gasteiger charge is 2.33. The van der Waals surface area contributed by atoms with Gasteiger partial charge in [-0.3, -0.25) is 9.89 Å². The summed E-state index contributed by atoms with van der Waals surface area (Å²) in [5.41, 5.74) is 0.437. The minimum Gasteiger partial charge on any atom is -0.490 e. The number of halogens is 2. The van der Waals surface area contributed by atoms with E-state index in [0.29, 0.717) is 30.4 Å². The van der Waals surface area contributed by atoms with Gasteiger partial charge in [0, 0.05) is 44.3 Å². The lowest BCUT2D eigenvalue weighted by Gasteiger charge is -2.45. The number of nitrogens with zero attached hydrogens (tertiary/aromatic N) is 2. The molecule has 1 heterocycles. The third kappa shape index (κ3) is 7.50. The molecule has 7 nitrogen and oxygen atoms in total. The van der Waals surface area contributed by atoms with E-state index in [9.17, 15) is 8.78 Å². The molecule has 0 amide bonds. The molecule has 2 rings (SSSR count). The number of para-hydroxylation sites is 1. The molecule has 1 saturated heterocycles. The Hall–Kier alpha value is -2.13. The van der Waals surface area contributed by atoms with Crippen molar-refractivity contribution in [3.63, 3.8) is 0 Å². The number of rotatable bonds is 9. The Labute approximate surface area is 184 Å². The van der Waals surface area contributed by atoms with Crippen molar-refractivity contribution in [2.75, 3.05) is 33.3 Å². The number of ether oxygens (including phenoxy) is 3. The van der Waals surface area contributed by atoms with Gasteiger partial charge in [-0.15, -0.1) is 0 Å². The highest BCUT2D eigenvalue weighted by atomic mass is 19.3. The summed E-state index contributed by atoms with van der Waals surface area (Å²) in [7, 11) is 1.68. The van der Waals surface area contributed by atoms with Gasteiger partial charge in [-0.05, 0) is 40.7 Å². The average Bonchev–Trinajstić information content (AvgIpc) is 2.69. The first-order valence-corrected chi connectivity index (χ1v) is 10.7. The lowest BCUT2D eigenvalue weighted by molar-refractivity contribution is -0.0946. The van der Waals surface area contributed by atoms with E-state index in [2.05, 4.69) is 48.2 Å². The molecule has 0 saturated carbocycles. The van der Waals surface area contributed by atoms with Gasteiger partial charge >= 0.3 is 6.61 Å². The van der Waals surface area contributed by atoms with Crippen molar-refractivity contribution in [1.82, 2.24) is 15.5 Å². The van der Waals surface area contributed by atoms with E-state index in [-0.39, 0.29) is 30.0 Å². The molecule has 2 N–H and O–H groups in total. The van der Waals surface area contributed by atoms with Crippen molar-refractivity contribution in [2.45, 2.75) is 65.5 Å². The number of benzene rings is 1. The Morgan fingerprint density at radius 2 is 1.94 bits per heavy atom. The standard InChI is InChI=1S/C22H36F2N4O3/c1-7-29-18-10-8-9-17(19(18)31-20(23)24)11-26-21(25-6)27-14-22(4,5)28-12-15(2)30-16(3)13-28/h8-10,15-16,20H,7,11-14H2,1-6H3,(H2,25,26,27). The van der Waals surface area contributed by atoms with E-state index >= 15 is 0 Å². The zero-order valence-corrected chi connectivity index (χ0v) is 19.4. The van der Waals surface area contributed by atoms with E-state index in [1.54, 1.807) is 32.2 Å². The van der Waals surface area contributed by atoms with Crippen molar-refractivity contribution in [3.05, 3.63) is 23.8 Å². The molecule has 1 aliphatic heterocycles. The summed E-state index contributed by atoms with van der Waals surface area (Å²) < 4.78 is 41.9. The number of guanidine groups is 1. The zero-order valence-electron chi connectivity index (χ0n) is 19.4. The van der Waals surface area contributed by atoms with Crippen molar-refractivity contribution in [2.24, 2.45) is 4.99 Å². The van der Waals surface area contributed by atoms with Crippen LogP contribution in [0.15, 0.2) is 23.2 Å². The monoisotopic (exact) mass is 442 g/mol. The van der Waals surface area contributed by atoms with Crippen molar-refractivity contribution < 1.29 is 23.0 Å². The second kappa shape index (κ2) is 11.5. The molecule has 1 fully saturated rings. The Morgan fingerprint density at radius 3 is 2.52 bits per heavy atom. The number of aliphatic imine (C=N–C) groups is 1. The summed E-state index contributed by atoms with van der Waals surface area (Å²) in [5.74, 6) is 0.910. The molecular formula is C22H36F2N4O3. The fourth-order valence-electron chi connectivity index (χ4n) is 3.68. The van der Waals surface area contributed by atoms with Gasteiger partial charge in [-0.25, -0.2) is 0 Å². The Balaban J connectivity index is 2.00. The molecule has 0 aliphatic carbocycles. The topological polar surface area (TPSA) is 67.4 Å². The van der Waals surface area contributed by atoms with Crippen LogP contribution < -0.4 is 20.1 Å². The third-order valence-electron chi connectivity index (χ3n) is 5.20. The Morgan fingerprint density at radius 1 is 1.26 bits per heavy atom. The molecule has 0 aromatic heterocycles. The second-order valence-corrected chi connectivity index (χ2v) is 8.31. The smallest absolute Gasteiger partial charge is 0.387 e. The summed E-state index contributed by atoms with van der Waals surface area (Å²) in [6.45, 7) is 10.4. The molecular weight excluding hydrogens is 406 g/mol. The van der Waals surface area contributed by atoms with E-state index < -0.39 is 6.61 Å². The summed E-state index contributed by atoms with van der Waals surface area (Å²) in [6.07, 6.45) is 0.373. The predicted octanol–water partition coefficient (Wildman–Crippen LogP) is 3.24. The van der Waals surface area contributed by atoms with Gasteiger partial charge in [0.05, 0.1) is 18.8 Å². The first-order valence-electron chi connectivity index (χ1n) is 10.7. The van der Waals surface area contributed by atoms with Crippen LogP contribution in [0.2, 0.25) is 0 Å². The SMILES string of the molecule is CCOc1cccc(CNC(=NC)NCC(C)(C)N2CC(C)OC(C)C2)c1OC(F)F. The number of morpholine rings is 1. The quantitative estimate of drug-likeness (QED) is 0.452. The largest absolute Gasteiger partial charge is 0.490 e. The van der Waals surface area contributed by atoms with Gasteiger partial charge in [0.15, 0.2) is 17.5 Å². The maximum absolute atomic E-state index is 12.9. The van der Waals surface area contributed by atoms with E-state index in [1.807, 2.05) is 0 Å². The highest BCUT2D eigenvalue weighted by Crippen LogP contribution is 2.32. The fourth-order valence-corrected chi connectivity index (χ4v) is 3.68. The lowest BCUT2D eigenvalue weighted by Crippen LogP contribution is -2.59. The molecule has 176 valence electrons. The molecule has 1 aliphatic rings. The molecule has 31 heavy (non-hydrogen) atoms. The van der Waals surface area contributed by atoms with Crippen LogP contribution in [0.4, 0.5) is 8.78 Å². The molecule has 1 aromatic carbocycles. The van der Waals surface area contributed by atoms with Gasteiger partial charge in [-0.1, -0.05) is 12.1 Å². The number of hydrogen-bond acceptors (Lipinski definition) is 5. The van der Waals surface area contributed by atoms with Crippen LogP contribution in [-0.4, -0.2) is 68.5 Å². The van der Waals surface area contributed by atoms with Crippen molar-refractivity contribution in [1.29, 1.82) is 0 Å². The first-order chi connectivity index (χ1) is 14.7. The first kappa shape index (κ1) is 25.1. The molecule has 1 aromatic rings. The fraction of sp³-hybridized carbons (Fsp3) is 0.682. The van der Waals surface area contributed by atoms with Gasteiger partial charge in [0.1, 0.15) is 0 Å². The minimum absolute atomic E-state index is 0.0407. The minimum atomic E-state index is -2.93. The highest BCUT2D eigenvalue weighted by molar-refractivity contribution is 5.79. The molecule has 9 heteroatoms. The van der Waals surface area contributed by atoms with E-state index in [0.717, 1.165) is 13.1 Å². The van der Waals surface area contributed by atoms with Crippen molar-refractivity contribution >= 4 is 5.96 Å². The van der Waals surface area contributed by atoms with Crippen molar-refractivity contribution in [3.8, 4) is 11.5 Å². The summed E-state index contributed by atoms with van der Waals surface area (Å²) in [6, 6.07) is 5.09. The van der Waals surface area contributed by atoms with Crippen LogP contribution in [0.1, 0.15) is 40.2 Å². The molecule has 0 radical (unpaired) electrons. The Bertz CT molecular complexity index is 721. The van der Waals surface area contributed by atoms with Crippen LogP contribution in [0.3, 0.4) is 0 Å². The van der Waals surface area contributed by atoms with Crippen LogP contribution in [0.25, 0.3) is 0 Å². The molecule has 2 atom stereocenters. The maximum atomic E-state index is 12.9. The van der Waals surface area contributed by atoms with Gasteiger partial charge in [0.25, 0.3) is 0 Å². The third-order valence-corrected chi connectivity index (χ3v) is 5.20. The number of hydrogen-bond donors (Lipinski definition) is 2. The van der Waals surface area contributed by atoms with Gasteiger partial charge in [0.2, 0.25) is 0 Å². The van der Waals surface area contributed by atoms with Gasteiger partial charge in [-0.2, -0.15) is 8.78 Å². The molecule has 2 unspecified atom stereocenters. The van der Waals surface area contributed by atoms with E-state index in [4.69, 9.17) is 14.2 Å². The summed E-state index contributed by atoms with van der Waals surface area (Å²) >= 11 is 0. The predicted molar refractivity (Wildman–Crippen MR) is 118 cm³/mol. The average molecular weight is 443 g/mol. The van der Waals surface area contributed by atoms with Crippen LogP contribution in [0.5, 0.6) is 11.5 Å². The molecule has 0 spiro atoms. The summed E-state index contributed by atoms with van der Waals surface area (Å²) in [5, 5.41) is 6.52. The van der Waals surface area contributed by atoms with E-state index in [1.165, 1.54) is 0 Å². The zero-order chi connectivity index (χ0) is 23.0. The number of alkyl halides is 2. The van der Waals surface area contributed by atoms with Gasteiger partial charge < -0.3 is 24.8 Å². The number of nitrogens with one attached hydrogen (secondary N) is 2. The van der Waals surface area contributed by atoms with Crippen LogP contribution in [0, 0.1) is 0 Å². The van der Waals surface area contributed by atoms with Crippen LogP contribution >= 0.6 is 0 Å². The second-order valence-electron chi connectivity index (χ2n) is 8.31. The maximum Gasteiger partial charge on any atom is 0.387 e. The van der Waals surface area contributed by atoms with Crippen LogP contribution in [-0.2, 0) is 11.3 Å². The lowest BCUT2D eigenvalue weighted by atomic mass is 10.00. The molecule has 0 bridgehead atoms. The normalized spacial score (nSPS) is 20.6. The summed E-state index contributed by atoms with van der Waals surface area (Å²) in [4.78, 5) is 6.67. The Kier molecular flexibility index (Phi) is 9.31.